The summed E-state index contributed by atoms with van der Waals surface area (Å²) in [5.41, 5.74) is 0. The number of unbranched alkanes of at least 4 members (excludes halogenated alkanes) is 29. The topological polar surface area (TPSA) is 110 Å². The molecule has 6 heteroatoms. The standard InChI is InChI=1S/C53H99NO5/c1-3-5-7-9-11-13-15-17-19-21-23-24-25-26-27-29-30-32-34-36-38-40-42-44-46-50(56)52(58)49(48-55)54-53(59)51(57)47-45-43-41-39-37-35-33-31-28-22-20-18-16-14-12-10-8-6-4-2/h25-26,28,30-32,38,40,49-52,55-58H,3-24,27,29,33-37,39,41-48H2,1-2H3,(H,54,59)/b26-25+,31-28-,32-30+,40-38+. The molecule has 0 saturated heterocycles. The molecule has 0 aromatic carbocycles. The summed E-state index contributed by atoms with van der Waals surface area (Å²) in [7, 11) is 0. The SMILES string of the molecule is CCCCCCCCCCC/C=C\CCCCCCCCC(O)C(=O)NC(CO)C(O)C(O)CCC/C=C/CC/C=C/CC/C=C/CCCCCCCCCCCCC. The van der Waals surface area contributed by atoms with Gasteiger partial charge in [0.15, 0.2) is 0 Å². The van der Waals surface area contributed by atoms with E-state index in [0.717, 1.165) is 64.2 Å². The van der Waals surface area contributed by atoms with Gasteiger partial charge in [-0.05, 0) is 89.9 Å². The molecule has 0 radical (unpaired) electrons. The molecule has 0 aromatic rings. The Bertz CT molecular complexity index is 977. The number of rotatable bonds is 46. The predicted octanol–water partition coefficient (Wildman–Crippen LogP) is 14.2. The van der Waals surface area contributed by atoms with Crippen molar-refractivity contribution in [1.82, 2.24) is 5.32 Å². The first-order valence-corrected chi connectivity index (χ1v) is 25.5. The van der Waals surface area contributed by atoms with Crippen LogP contribution in [-0.4, -0.2) is 57.3 Å². The minimum atomic E-state index is -1.30. The van der Waals surface area contributed by atoms with E-state index in [1.54, 1.807) is 0 Å². The maximum Gasteiger partial charge on any atom is 0.249 e. The van der Waals surface area contributed by atoms with E-state index in [4.69, 9.17) is 0 Å². The number of allylic oxidation sites excluding steroid dienone is 8. The highest BCUT2D eigenvalue weighted by Gasteiger charge is 2.28. The van der Waals surface area contributed by atoms with Crippen molar-refractivity contribution in [2.45, 2.75) is 276 Å². The Hall–Kier alpha value is -1.73. The molecule has 6 nitrogen and oxygen atoms in total. The van der Waals surface area contributed by atoms with E-state index >= 15 is 0 Å². The molecule has 0 saturated carbocycles. The van der Waals surface area contributed by atoms with Crippen LogP contribution in [0.5, 0.6) is 0 Å². The van der Waals surface area contributed by atoms with Gasteiger partial charge in [-0.15, -0.1) is 0 Å². The zero-order valence-corrected chi connectivity index (χ0v) is 39.0. The normalized spacial score (nSPS) is 14.3. The Balaban J connectivity index is 3.78. The predicted molar refractivity (Wildman–Crippen MR) is 256 cm³/mol. The maximum absolute atomic E-state index is 12.5. The van der Waals surface area contributed by atoms with Crippen molar-refractivity contribution in [2.75, 3.05) is 6.61 Å². The summed E-state index contributed by atoms with van der Waals surface area (Å²) in [6, 6.07) is -1.02. The molecule has 346 valence electrons. The third kappa shape index (κ3) is 41.4. The van der Waals surface area contributed by atoms with Gasteiger partial charge in [-0.2, -0.15) is 0 Å². The van der Waals surface area contributed by atoms with E-state index in [1.165, 1.54) is 154 Å². The second-order valence-corrected chi connectivity index (χ2v) is 17.5. The molecule has 4 unspecified atom stereocenters. The van der Waals surface area contributed by atoms with Crippen molar-refractivity contribution in [3.63, 3.8) is 0 Å². The van der Waals surface area contributed by atoms with Crippen LogP contribution in [0.3, 0.4) is 0 Å². The molecule has 0 aliphatic carbocycles. The first-order chi connectivity index (χ1) is 29.0. The van der Waals surface area contributed by atoms with Gasteiger partial charge >= 0.3 is 0 Å². The summed E-state index contributed by atoms with van der Waals surface area (Å²) in [6.07, 6.45) is 58.7. The molecular weight excluding hydrogens is 731 g/mol. The number of carbonyl (C=O) groups is 1. The quantitative estimate of drug-likeness (QED) is 0.0310. The number of nitrogens with one attached hydrogen (secondary N) is 1. The first-order valence-electron chi connectivity index (χ1n) is 25.5. The minimum absolute atomic E-state index is 0.350. The zero-order chi connectivity index (χ0) is 43.1. The third-order valence-corrected chi connectivity index (χ3v) is 11.7. The lowest BCUT2D eigenvalue weighted by molar-refractivity contribution is -0.132. The van der Waals surface area contributed by atoms with Gasteiger partial charge in [-0.1, -0.05) is 210 Å². The lowest BCUT2D eigenvalue weighted by Gasteiger charge is -2.27. The summed E-state index contributed by atoms with van der Waals surface area (Å²) in [4.78, 5) is 12.5. The Labute approximate surface area is 366 Å². The zero-order valence-electron chi connectivity index (χ0n) is 39.0. The van der Waals surface area contributed by atoms with Crippen molar-refractivity contribution >= 4 is 5.91 Å². The highest BCUT2D eigenvalue weighted by Crippen LogP contribution is 2.15. The average Bonchev–Trinajstić information content (AvgIpc) is 3.24. The molecule has 5 N–H and O–H groups in total. The van der Waals surface area contributed by atoms with E-state index in [2.05, 4.69) is 67.8 Å². The fourth-order valence-corrected chi connectivity index (χ4v) is 7.67. The highest BCUT2D eigenvalue weighted by atomic mass is 16.3. The molecule has 0 aliphatic heterocycles. The van der Waals surface area contributed by atoms with Gasteiger partial charge in [0.1, 0.15) is 12.2 Å². The molecule has 0 aliphatic rings. The summed E-state index contributed by atoms with van der Waals surface area (Å²) < 4.78 is 0. The summed E-state index contributed by atoms with van der Waals surface area (Å²) >= 11 is 0. The van der Waals surface area contributed by atoms with Gasteiger partial charge < -0.3 is 25.7 Å². The van der Waals surface area contributed by atoms with Gasteiger partial charge in [0, 0.05) is 0 Å². The van der Waals surface area contributed by atoms with Crippen molar-refractivity contribution in [3.05, 3.63) is 48.6 Å². The van der Waals surface area contributed by atoms with E-state index in [-0.39, 0.29) is 0 Å². The summed E-state index contributed by atoms with van der Waals surface area (Å²) in [5.74, 6) is -0.604. The smallest absolute Gasteiger partial charge is 0.249 e. The van der Waals surface area contributed by atoms with Crippen molar-refractivity contribution < 1.29 is 25.2 Å². The largest absolute Gasteiger partial charge is 0.394 e. The number of amides is 1. The van der Waals surface area contributed by atoms with Crippen LogP contribution in [0.25, 0.3) is 0 Å². The molecule has 59 heavy (non-hydrogen) atoms. The second-order valence-electron chi connectivity index (χ2n) is 17.5. The summed E-state index contributed by atoms with van der Waals surface area (Å²) in [5, 5.41) is 43.8. The van der Waals surface area contributed by atoms with Crippen LogP contribution >= 0.6 is 0 Å². The van der Waals surface area contributed by atoms with Crippen LogP contribution in [0.15, 0.2) is 48.6 Å². The Morgan fingerprint density at radius 1 is 0.407 bits per heavy atom. The highest BCUT2D eigenvalue weighted by molar-refractivity contribution is 5.80. The lowest BCUT2D eigenvalue weighted by atomic mass is 10.00. The van der Waals surface area contributed by atoms with E-state index < -0.39 is 36.9 Å². The van der Waals surface area contributed by atoms with Gasteiger partial charge in [0.2, 0.25) is 5.91 Å². The van der Waals surface area contributed by atoms with Crippen LogP contribution in [0.4, 0.5) is 0 Å². The van der Waals surface area contributed by atoms with E-state index in [9.17, 15) is 25.2 Å². The van der Waals surface area contributed by atoms with Crippen LogP contribution in [0, 0.1) is 0 Å². The molecule has 0 aromatic heterocycles. The van der Waals surface area contributed by atoms with Crippen molar-refractivity contribution in [1.29, 1.82) is 0 Å². The number of hydrogen-bond donors (Lipinski definition) is 5. The van der Waals surface area contributed by atoms with E-state index in [0.29, 0.717) is 19.3 Å². The number of aliphatic hydroxyl groups is 4. The lowest BCUT2D eigenvalue weighted by Crippen LogP contribution is -2.53. The Kier molecular flexibility index (Phi) is 45.9. The average molecular weight is 830 g/mol. The monoisotopic (exact) mass is 830 g/mol. The number of carbonyl (C=O) groups excluding carboxylic acids is 1. The number of aliphatic hydroxyl groups excluding tert-OH is 4. The van der Waals surface area contributed by atoms with Gasteiger partial charge in [0.25, 0.3) is 0 Å². The number of hydrogen-bond acceptors (Lipinski definition) is 5. The fourth-order valence-electron chi connectivity index (χ4n) is 7.67. The van der Waals surface area contributed by atoms with Crippen LogP contribution in [0.1, 0.15) is 251 Å². The molecule has 0 bridgehead atoms. The molecule has 4 atom stereocenters. The van der Waals surface area contributed by atoms with Gasteiger partial charge in [0.05, 0.1) is 18.8 Å². The van der Waals surface area contributed by atoms with Gasteiger partial charge in [-0.25, -0.2) is 0 Å². The van der Waals surface area contributed by atoms with Crippen LogP contribution in [-0.2, 0) is 4.79 Å². The molecule has 0 fully saturated rings. The fraction of sp³-hybridized carbons (Fsp3) is 0.830. The van der Waals surface area contributed by atoms with Crippen LogP contribution < -0.4 is 5.32 Å². The van der Waals surface area contributed by atoms with Crippen molar-refractivity contribution in [3.8, 4) is 0 Å². The second kappa shape index (κ2) is 47.3. The molecule has 1 amide bonds. The molecule has 0 spiro atoms. The molecular formula is C53H99NO5. The third-order valence-electron chi connectivity index (χ3n) is 11.7. The minimum Gasteiger partial charge on any atom is -0.394 e. The van der Waals surface area contributed by atoms with Gasteiger partial charge in [-0.3, -0.25) is 4.79 Å². The Morgan fingerprint density at radius 3 is 1.07 bits per heavy atom. The maximum atomic E-state index is 12.5. The van der Waals surface area contributed by atoms with Crippen molar-refractivity contribution in [2.24, 2.45) is 0 Å². The Morgan fingerprint density at radius 2 is 0.712 bits per heavy atom. The van der Waals surface area contributed by atoms with Crippen LogP contribution in [0.2, 0.25) is 0 Å². The molecule has 0 rings (SSSR count). The first kappa shape index (κ1) is 57.3. The molecule has 0 heterocycles. The summed E-state index contributed by atoms with van der Waals surface area (Å²) in [6.45, 7) is 4.05. The van der Waals surface area contributed by atoms with E-state index in [1.807, 2.05) is 0 Å².